The number of carbonyl (C=O) groups excluding carboxylic acids is 1. The summed E-state index contributed by atoms with van der Waals surface area (Å²) in [5.41, 5.74) is 2.46. The van der Waals surface area contributed by atoms with E-state index in [-0.39, 0.29) is 29.4 Å². The number of nitrogens with one attached hydrogen (secondary N) is 2. The molecule has 0 saturated carbocycles. The van der Waals surface area contributed by atoms with Gasteiger partial charge in [-0.15, -0.1) is 0 Å². The van der Waals surface area contributed by atoms with E-state index in [1.54, 1.807) is 12.1 Å². The molecule has 0 spiro atoms. The molecule has 0 saturated heterocycles. The van der Waals surface area contributed by atoms with Crippen LogP contribution in [0.1, 0.15) is 43.9 Å². The van der Waals surface area contributed by atoms with Crippen molar-refractivity contribution in [2.75, 3.05) is 13.2 Å². The van der Waals surface area contributed by atoms with Crippen molar-refractivity contribution >= 4 is 15.9 Å². The minimum Gasteiger partial charge on any atom is -0.484 e. The van der Waals surface area contributed by atoms with Crippen molar-refractivity contribution in [1.82, 2.24) is 10.0 Å². The number of ether oxygens (including phenoxy) is 1. The molecule has 6 nitrogen and oxygen atoms in total. The van der Waals surface area contributed by atoms with Gasteiger partial charge in [0.15, 0.2) is 6.61 Å². The summed E-state index contributed by atoms with van der Waals surface area (Å²) in [6.07, 6.45) is 3.00. The molecule has 0 fully saturated rings. The van der Waals surface area contributed by atoms with Gasteiger partial charge in [0.1, 0.15) is 5.75 Å². The van der Waals surface area contributed by atoms with Gasteiger partial charge in [0.2, 0.25) is 10.0 Å². The zero-order valence-electron chi connectivity index (χ0n) is 16.9. The largest absolute Gasteiger partial charge is 0.484 e. The minimum absolute atomic E-state index is 0.00982. The van der Waals surface area contributed by atoms with Gasteiger partial charge in [-0.05, 0) is 60.6 Å². The van der Waals surface area contributed by atoms with Crippen molar-refractivity contribution < 1.29 is 17.9 Å². The highest BCUT2D eigenvalue weighted by atomic mass is 32.2. The predicted octanol–water partition coefficient (Wildman–Crippen LogP) is 3.19. The van der Waals surface area contributed by atoms with Crippen LogP contribution in [0.5, 0.6) is 5.75 Å². The Morgan fingerprint density at radius 1 is 1.14 bits per heavy atom. The Bertz CT molecular complexity index is 940. The number of hydrogen-bond donors (Lipinski definition) is 2. The Kier molecular flexibility index (Phi) is 6.92. The summed E-state index contributed by atoms with van der Waals surface area (Å²) in [5.74, 6) is 0.482. The van der Waals surface area contributed by atoms with E-state index in [1.165, 1.54) is 23.3 Å². The maximum atomic E-state index is 12.3. The monoisotopic (exact) mass is 416 g/mol. The minimum atomic E-state index is -3.54. The van der Waals surface area contributed by atoms with Crippen LogP contribution in [0.2, 0.25) is 0 Å². The van der Waals surface area contributed by atoms with Gasteiger partial charge in [-0.1, -0.05) is 38.1 Å². The molecule has 156 valence electrons. The highest BCUT2D eigenvalue weighted by Crippen LogP contribution is 2.29. The lowest BCUT2D eigenvalue weighted by Crippen LogP contribution is -2.34. The molecule has 2 aromatic rings. The Morgan fingerprint density at radius 2 is 1.86 bits per heavy atom. The van der Waals surface area contributed by atoms with Crippen molar-refractivity contribution in [1.29, 1.82) is 0 Å². The topological polar surface area (TPSA) is 84.5 Å². The molecule has 0 bridgehead atoms. The molecular weight excluding hydrogens is 388 g/mol. The van der Waals surface area contributed by atoms with E-state index in [9.17, 15) is 13.2 Å². The zero-order chi connectivity index (χ0) is 20.9. The second-order valence-corrected chi connectivity index (χ2v) is 9.48. The molecule has 0 aromatic heterocycles. The Morgan fingerprint density at radius 3 is 2.59 bits per heavy atom. The lowest BCUT2D eigenvalue weighted by molar-refractivity contribution is -0.124. The molecule has 1 aliphatic rings. The van der Waals surface area contributed by atoms with Crippen molar-refractivity contribution in [3.8, 4) is 5.75 Å². The lowest BCUT2D eigenvalue weighted by Gasteiger charge is -2.26. The van der Waals surface area contributed by atoms with Crippen LogP contribution in [-0.2, 0) is 21.2 Å². The number of aryl methyl sites for hydroxylation is 1. The van der Waals surface area contributed by atoms with Crippen molar-refractivity contribution in [3.05, 3.63) is 59.7 Å². The molecule has 29 heavy (non-hydrogen) atoms. The first kappa shape index (κ1) is 21.3. The molecule has 2 N–H and O–H groups in total. The Balaban J connectivity index is 1.53. The SMILES string of the molecule is CC(C)CNS(=O)(=O)c1ccc(OCC(=O)N[C@@H]2CCCc3ccccc32)cc1. The van der Waals surface area contributed by atoms with Crippen LogP contribution in [0.3, 0.4) is 0 Å². The van der Waals surface area contributed by atoms with Gasteiger partial charge in [-0.3, -0.25) is 4.79 Å². The summed E-state index contributed by atoms with van der Waals surface area (Å²) >= 11 is 0. The zero-order valence-corrected chi connectivity index (χ0v) is 17.7. The van der Waals surface area contributed by atoms with E-state index >= 15 is 0 Å². The molecule has 0 heterocycles. The molecule has 7 heteroatoms. The van der Waals surface area contributed by atoms with Crippen LogP contribution >= 0.6 is 0 Å². The fourth-order valence-electron chi connectivity index (χ4n) is 3.36. The summed E-state index contributed by atoms with van der Waals surface area (Å²) in [4.78, 5) is 12.5. The number of amides is 1. The first-order valence-corrected chi connectivity index (χ1v) is 11.4. The Labute approximate surface area is 172 Å². The molecule has 1 atom stereocenters. The third kappa shape index (κ3) is 5.81. The van der Waals surface area contributed by atoms with Gasteiger partial charge in [-0.25, -0.2) is 13.1 Å². The first-order valence-electron chi connectivity index (χ1n) is 9.95. The third-order valence-electron chi connectivity index (χ3n) is 4.89. The number of fused-ring (bicyclic) bond motifs is 1. The number of hydrogen-bond acceptors (Lipinski definition) is 4. The average Bonchev–Trinajstić information content (AvgIpc) is 2.71. The van der Waals surface area contributed by atoms with Crippen molar-refractivity contribution in [2.24, 2.45) is 5.92 Å². The van der Waals surface area contributed by atoms with Gasteiger partial charge >= 0.3 is 0 Å². The molecule has 0 radical (unpaired) electrons. The van der Waals surface area contributed by atoms with Gasteiger partial charge in [0.25, 0.3) is 5.91 Å². The van der Waals surface area contributed by atoms with E-state index < -0.39 is 10.0 Å². The number of rotatable bonds is 8. The Hall–Kier alpha value is -2.38. The summed E-state index contributed by atoms with van der Waals surface area (Å²) < 4.78 is 32.5. The smallest absolute Gasteiger partial charge is 0.258 e. The van der Waals surface area contributed by atoms with E-state index in [1.807, 2.05) is 26.0 Å². The highest BCUT2D eigenvalue weighted by Gasteiger charge is 2.21. The fourth-order valence-corrected chi connectivity index (χ4v) is 4.58. The van der Waals surface area contributed by atoms with E-state index in [0.29, 0.717) is 12.3 Å². The van der Waals surface area contributed by atoms with Crippen LogP contribution in [0.25, 0.3) is 0 Å². The van der Waals surface area contributed by atoms with Crippen LogP contribution in [0.4, 0.5) is 0 Å². The molecule has 0 unspecified atom stereocenters. The quantitative estimate of drug-likeness (QED) is 0.692. The molecule has 2 aromatic carbocycles. The van der Waals surface area contributed by atoms with Gasteiger partial charge in [0.05, 0.1) is 10.9 Å². The van der Waals surface area contributed by atoms with E-state index in [4.69, 9.17) is 4.74 Å². The lowest BCUT2D eigenvalue weighted by atomic mass is 9.88. The number of benzene rings is 2. The van der Waals surface area contributed by atoms with Crippen LogP contribution in [0, 0.1) is 5.92 Å². The van der Waals surface area contributed by atoms with Crippen LogP contribution in [-0.4, -0.2) is 27.5 Å². The predicted molar refractivity (Wildman–Crippen MR) is 112 cm³/mol. The van der Waals surface area contributed by atoms with Gasteiger partial charge in [0, 0.05) is 6.54 Å². The van der Waals surface area contributed by atoms with Crippen LogP contribution in [0.15, 0.2) is 53.4 Å². The van der Waals surface area contributed by atoms with Crippen LogP contribution < -0.4 is 14.8 Å². The second-order valence-electron chi connectivity index (χ2n) is 7.72. The standard InChI is InChI=1S/C22H28N2O4S/c1-16(2)14-23-29(26,27)19-12-10-18(11-13-19)28-15-22(25)24-21-9-5-7-17-6-3-4-8-20(17)21/h3-4,6,8,10-13,16,21,23H,5,7,9,14-15H2,1-2H3,(H,24,25)/t21-/m1/s1. The normalized spacial score (nSPS) is 16.3. The molecule has 0 aliphatic heterocycles. The van der Waals surface area contributed by atoms with Crippen molar-refractivity contribution in [3.63, 3.8) is 0 Å². The summed E-state index contributed by atoms with van der Waals surface area (Å²) in [5, 5.41) is 3.04. The van der Waals surface area contributed by atoms with Gasteiger partial charge < -0.3 is 10.1 Å². The summed E-state index contributed by atoms with van der Waals surface area (Å²) in [7, 11) is -3.54. The third-order valence-corrected chi connectivity index (χ3v) is 6.33. The molecular formula is C22H28N2O4S. The average molecular weight is 417 g/mol. The maximum absolute atomic E-state index is 12.3. The molecule has 3 rings (SSSR count). The number of carbonyl (C=O) groups is 1. The summed E-state index contributed by atoms with van der Waals surface area (Å²) in [6, 6.07) is 14.3. The highest BCUT2D eigenvalue weighted by molar-refractivity contribution is 7.89. The molecule has 1 amide bonds. The first-order chi connectivity index (χ1) is 13.8. The van der Waals surface area contributed by atoms with E-state index in [2.05, 4.69) is 22.2 Å². The number of sulfonamides is 1. The summed E-state index contributed by atoms with van der Waals surface area (Å²) in [6.45, 7) is 4.15. The second kappa shape index (κ2) is 9.41. The van der Waals surface area contributed by atoms with Gasteiger partial charge in [-0.2, -0.15) is 0 Å². The molecule has 1 aliphatic carbocycles. The maximum Gasteiger partial charge on any atom is 0.258 e. The van der Waals surface area contributed by atoms with E-state index in [0.717, 1.165) is 19.3 Å². The van der Waals surface area contributed by atoms with Crippen molar-refractivity contribution in [2.45, 2.75) is 44.0 Å². The fraction of sp³-hybridized carbons (Fsp3) is 0.409.